The molecule has 0 saturated heterocycles. The van der Waals surface area contributed by atoms with Crippen LogP contribution in [-0.4, -0.2) is 18.2 Å². The van der Waals surface area contributed by atoms with Crippen molar-refractivity contribution in [1.29, 1.82) is 0 Å². The molecule has 0 saturated carbocycles. The second kappa shape index (κ2) is 8.91. The molecule has 1 N–H and O–H groups in total. The number of carboxylic acids is 1. The maximum atomic E-state index is 11.7. The van der Waals surface area contributed by atoms with Gasteiger partial charge in [-0.2, -0.15) is 0 Å². The first kappa shape index (κ1) is 19.2. The zero-order chi connectivity index (χ0) is 19.9. The van der Waals surface area contributed by atoms with Crippen molar-refractivity contribution >= 4 is 17.6 Å². The first-order chi connectivity index (χ1) is 13.6. The van der Waals surface area contributed by atoms with Gasteiger partial charge in [-0.25, -0.2) is 4.79 Å². The Morgan fingerprint density at radius 3 is 1.89 bits per heavy atom. The Bertz CT molecular complexity index is 953. The summed E-state index contributed by atoms with van der Waals surface area (Å²) in [6, 6.07) is 22.2. The summed E-state index contributed by atoms with van der Waals surface area (Å²) < 4.78 is 11.0. The standard InChI is InChI=1S/C24H22O4/c1-3-17-4-10-21(11-5-17)28-22-12-6-18(7-13-22)16-23(24(25)26)19-8-14-20(27-2)15-9-19/h4-16H,3H2,1-2H3,(H,25,26)/b23-16+. The molecular formula is C24H22O4. The van der Waals surface area contributed by atoms with Crippen LogP contribution in [0, 0.1) is 0 Å². The molecule has 3 aromatic rings. The lowest BCUT2D eigenvalue weighted by Gasteiger charge is -2.08. The number of methoxy groups -OCH3 is 1. The normalized spacial score (nSPS) is 11.1. The molecule has 0 fully saturated rings. The zero-order valence-corrected chi connectivity index (χ0v) is 15.9. The predicted octanol–water partition coefficient (Wildman–Crippen LogP) is 5.68. The molecule has 0 spiro atoms. The van der Waals surface area contributed by atoms with Gasteiger partial charge < -0.3 is 14.6 Å². The predicted molar refractivity (Wildman–Crippen MR) is 111 cm³/mol. The fraction of sp³-hybridized carbons (Fsp3) is 0.125. The van der Waals surface area contributed by atoms with E-state index < -0.39 is 5.97 Å². The van der Waals surface area contributed by atoms with Crippen molar-refractivity contribution in [3.8, 4) is 17.2 Å². The van der Waals surface area contributed by atoms with Crippen molar-refractivity contribution in [2.45, 2.75) is 13.3 Å². The lowest BCUT2D eigenvalue weighted by atomic mass is 10.0. The van der Waals surface area contributed by atoms with E-state index in [0.29, 0.717) is 17.1 Å². The van der Waals surface area contributed by atoms with Crippen molar-refractivity contribution in [1.82, 2.24) is 0 Å². The number of carboxylic acid groups (broad SMARTS) is 1. The Morgan fingerprint density at radius 1 is 0.857 bits per heavy atom. The lowest BCUT2D eigenvalue weighted by molar-refractivity contribution is -0.130. The topological polar surface area (TPSA) is 55.8 Å². The van der Waals surface area contributed by atoms with Crippen molar-refractivity contribution in [3.05, 3.63) is 89.5 Å². The van der Waals surface area contributed by atoms with E-state index in [1.807, 2.05) is 48.5 Å². The van der Waals surface area contributed by atoms with Crippen LogP contribution in [0.3, 0.4) is 0 Å². The third-order valence-electron chi connectivity index (χ3n) is 4.39. The minimum absolute atomic E-state index is 0.214. The number of aryl methyl sites for hydroxylation is 1. The van der Waals surface area contributed by atoms with Crippen LogP contribution in [-0.2, 0) is 11.2 Å². The van der Waals surface area contributed by atoms with E-state index in [1.54, 1.807) is 37.5 Å². The molecule has 28 heavy (non-hydrogen) atoms. The highest BCUT2D eigenvalue weighted by molar-refractivity contribution is 6.20. The van der Waals surface area contributed by atoms with Gasteiger partial charge in [0.25, 0.3) is 0 Å². The van der Waals surface area contributed by atoms with Gasteiger partial charge in [-0.1, -0.05) is 43.3 Å². The maximum Gasteiger partial charge on any atom is 0.336 e. The van der Waals surface area contributed by atoms with Gasteiger partial charge in [0.1, 0.15) is 17.2 Å². The van der Waals surface area contributed by atoms with Gasteiger partial charge in [-0.3, -0.25) is 0 Å². The number of aliphatic carboxylic acids is 1. The molecule has 3 aromatic carbocycles. The van der Waals surface area contributed by atoms with Crippen LogP contribution in [0.4, 0.5) is 0 Å². The molecule has 4 nitrogen and oxygen atoms in total. The second-order valence-electron chi connectivity index (χ2n) is 6.26. The van der Waals surface area contributed by atoms with E-state index in [-0.39, 0.29) is 5.57 Å². The monoisotopic (exact) mass is 374 g/mol. The van der Waals surface area contributed by atoms with Crippen LogP contribution in [0.25, 0.3) is 11.6 Å². The van der Waals surface area contributed by atoms with Gasteiger partial charge in [0.05, 0.1) is 12.7 Å². The van der Waals surface area contributed by atoms with Gasteiger partial charge in [-0.05, 0) is 65.6 Å². The van der Waals surface area contributed by atoms with E-state index in [1.165, 1.54) is 5.56 Å². The second-order valence-corrected chi connectivity index (χ2v) is 6.26. The number of hydrogen-bond acceptors (Lipinski definition) is 3. The molecule has 0 radical (unpaired) electrons. The molecule has 4 heteroatoms. The molecule has 0 unspecified atom stereocenters. The van der Waals surface area contributed by atoms with Gasteiger partial charge in [0.2, 0.25) is 0 Å². The first-order valence-electron chi connectivity index (χ1n) is 9.05. The van der Waals surface area contributed by atoms with Crippen molar-refractivity contribution < 1.29 is 19.4 Å². The number of hydrogen-bond donors (Lipinski definition) is 1. The lowest BCUT2D eigenvalue weighted by Crippen LogP contribution is -1.99. The zero-order valence-electron chi connectivity index (χ0n) is 15.9. The summed E-state index contributed by atoms with van der Waals surface area (Å²) in [6.45, 7) is 2.11. The Morgan fingerprint density at radius 2 is 1.39 bits per heavy atom. The average molecular weight is 374 g/mol. The van der Waals surface area contributed by atoms with Gasteiger partial charge in [0, 0.05) is 0 Å². The Kier molecular flexibility index (Phi) is 6.12. The minimum atomic E-state index is -0.985. The fourth-order valence-corrected chi connectivity index (χ4v) is 2.77. The van der Waals surface area contributed by atoms with E-state index in [4.69, 9.17) is 9.47 Å². The molecule has 3 rings (SSSR count). The average Bonchev–Trinajstić information content (AvgIpc) is 2.73. The van der Waals surface area contributed by atoms with Crippen molar-refractivity contribution in [2.24, 2.45) is 0 Å². The molecular weight excluding hydrogens is 352 g/mol. The fourth-order valence-electron chi connectivity index (χ4n) is 2.77. The van der Waals surface area contributed by atoms with Crippen LogP contribution in [0.5, 0.6) is 17.2 Å². The van der Waals surface area contributed by atoms with Gasteiger partial charge >= 0.3 is 5.97 Å². The summed E-state index contributed by atoms with van der Waals surface area (Å²) in [5, 5.41) is 9.58. The van der Waals surface area contributed by atoms with Crippen LogP contribution >= 0.6 is 0 Å². The van der Waals surface area contributed by atoms with Crippen molar-refractivity contribution in [3.63, 3.8) is 0 Å². The summed E-state index contributed by atoms with van der Waals surface area (Å²) in [5.74, 6) is 1.16. The smallest absolute Gasteiger partial charge is 0.336 e. The molecule has 0 aliphatic carbocycles. The SMILES string of the molecule is CCc1ccc(Oc2ccc(/C=C(/C(=O)O)c3ccc(OC)cc3)cc2)cc1. The number of ether oxygens (including phenoxy) is 2. The van der Waals surface area contributed by atoms with E-state index >= 15 is 0 Å². The molecule has 0 aromatic heterocycles. The quantitative estimate of drug-likeness (QED) is 0.427. The molecule has 0 aliphatic heterocycles. The first-order valence-corrected chi connectivity index (χ1v) is 9.05. The molecule has 142 valence electrons. The van der Waals surface area contributed by atoms with E-state index in [0.717, 1.165) is 17.7 Å². The summed E-state index contributed by atoms with van der Waals surface area (Å²) >= 11 is 0. The maximum absolute atomic E-state index is 11.7. The molecule has 0 atom stereocenters. The highest BCUT2D eigenvalue weighted by Crippen LogP contribution is 2.25. The third kappa shape index (κ3) is 4.80. The summed E-state index contributed by atoms with van der Waals surface area (Å²) in [7, 11) is 1.57. The molecule has 0 bridgehead atoms. The van der Waals surface area contributed by atoms with Crippen LogP contribution in [0.2, 0.25) is 0 Å². The Balaban J connectivity index is 1.78. The van der Waals surface area contributed by atoms with Gasteiger partial charge in [0.15, 0.2) is 0 Å². The molecule has 0 aliphatic rings. The van der Waals surface area contributed by atoms with Crippen LogP contribution in [0.1, 0.15) is 23.6 Å². The number of benzene rings is 3. The Labute approximate surface area is 164 Å². The Hall–Kier alpha value is -3.53. The van der Waals surface area contributed by atoms with E-state index in [2.05, 4.69) is 6.92 Å². The van der Waals surface area contributed by atoms with Crippen LogP contribution in [0.15, 0.2) is 72.8 Å². The van der Waals surface area contributed by atoms with Crippen LogP contribution < -0.4 is 9.47 Å². The minimum Gasteiger partial charge on any atom is -0.497 e. The third-order valence-corrected chi connectivity index (χ3v) is 4.39. The number of rotatable bonds is 7. The van der Waals surface area contributed by atoms with E-state index in [9.17, 15) is 9.90 Å². The van der Waals surface area contributed by atoms with Gasteiger partial charge in [-0.15, -0.1) is 0 Å². The largest absolute Gasteiger partial charge is 0.497 e. The van der Waals surface area contributed by atoms with Crippen molar-refractivity contribution in [2.75, 3.05) is 7.11 Å². The number of carbonyl (C=O) groups is 1. The highest BCUT2D eigenvalue weighted by Gasteiger charge is 2.11. The molecule has 0 heterocycles. The summed E-state index contributed by atoms with van der Waals surface area (Å²) in [4.78, 5) is 11.7. The summed E-state index contributed by atoms with van der Waals surface area (Å²) in [6.07, 6.45) is 2.63. The highest BCUT2D eigenvalue weighted by atomic mass is 16.5. The molecule has 0 amide bonds. The summed E-state index contributed by atoms with van der Waals surface area (Å²) in [5.41, 5.74) is 2.87.